The highest BCUT2D eigenvalue weighted by molar-refractivity contribution is 6.31. The predicted octanol–water partition coefficient (Wildman–Crippen LogP) is 3.94. The Balaban J connectivity index is 1.77. The van der Waals surface area contributed by atoms with Crippen LogP contribution in [0.1, 0.15) is 41.9 Å². The van der Waals surface area contributed by atoms with Crippen molar-refractivity contribution >= 4 is 40.1 Å². The van der Waals surface area contributed by atoms with Gasteiger partial charge in [-0.15, -0.1) is 0 Å². The van der Waals surface area contributed by atoms with Crippen molar-refractivity contribution in [1.29, 1.82) is 0 Å². The average molecular weight is 467 g/mol. The van der Waals surface area contributed by atoms with Gasteiger partial charge in [-0.25, -0.2) is 0 Å². The molecule has 0 saturated carbocycles. The number of halogens is 1. The first-order valence-electron chi connectivity index (χ1n) is 10.9. The Morgan fingerprint density at radius 3 is 2.64 bits per heavy atom. The Kier molecular flexibility index (Phi) is 5.06. The molecule has 8 heteroatoms. The third-order valence-corrected chi connectivity index (χ3v) is 6.54. The average Bonchev–Trinajstić information content (AvgIpc) is 3.17. The van der Waals surface area contributed by atoms with E-state index in [4.69, 9.17) is 20.8 Å². The van der Waals surface area contributed by atoms with Gasteiger partial charge in [-0.1, -0.05) is 29.8 Å². The van der Waals surface area contributed by atoms with Crippen LogP contribution in [0.15, 0.2) is 51.7 Å². The Morgan fingerprint density at radius 1 is 1.12 bits per heavy atom. The molecule has 2 aliphatic rings. The first-order valence-corrected chi connectivity index (χ1v) is 11.2. The summed E-state index contributed by atoms with van der Waals surface area (Å²) in [6.45, 7) is 4.51. The van der Waals surface area contributed by atoms with Gasteiger partial charge < -0.3 is 19.0 Å². The van der Waals surface area contributed by atoms with Crippen LogP contribution >= 0.6 is 11.6 Å². The summed E-state index contributed by atoms with van der Waals surface area (Å²) in [5.41, 5.74) is -0.480. The highest BCUT2D eigenvalue weighted by atomic mass is 35.5. The molecule has 0 saturated heterocycles. The van der Waals surface area contributed by atoms with Gasteiger partial charge in [-0.05, 0) is 44.5 Å². The van der Waals surface area contributed by atoms with E-state index in [0.29, 0.717) is 29.3 Å². The fourth-order valence-corrected chi connectivity index (χ4v) is 5.08. The minimum Gasteiger partial charge on any atom is -0.450 e. The molecule has 1 unspecified atom stereocenters. The van der Waals surface area contributed by atoms with E-state index in [1.54, 1.807) is 31.3 Å². The molecule has 1 spiro atoms. The molecule has 1 atom stereocenters. The van der Waals surface area contributed by atoms with Crippen molar-refractivity contribution in [2.24, 2.45) is 0 Å². The zero-order valence-corrected chi connectivity index (χ0v) is 19.3. The summed E-state index contributed by atoms with van der Waals surface area (Å²) >= 11 is 6.15. The third-order valence-electron chi connectivity index (χ3n) is 6.31. The lowest BCUT2D eigenvalue weighted by atomic mass is 9.84. The van der Waals surface area contributed by atoms with E-state index in [1.165, 1.54) is 15.9 Å². The number of fused-ring (bicyclic) bond motifs is 5. The number of nitrogens with zero attached hydrogens (tertiary/aromatic N) is 2. The largest absolute Gasteiger partial charge is 0.450 e. The minimum absolute atomic E-state index is 0.0451. The van der Waals surface area contributed by atoms with Crippen LogP contribution in [0.4, 0.5) is 5.69 Å². The van der Waals surface area contributed by atoms with Crippen LogP contribution in [0.3, 0.4) is 0 Å². The smallest absolute Gasteiger partial charge is 0.291 e. The van der Waals surface area contributed by atoms with Crippen molar-refractivity contribution in [1.82, 2.24) is 4.90 Å². The van der Waals surface area contributed by atoms with Gasteiger partial charge in [0, 0.05) is 36.5 Å². The molecule has 2 aliphatic heterocycles. The monoisotopic (exact) mass is 466 g/mol. The normalized spacial score (nSPS) is 19.3. The molecule has 2 aromatic carbocycles. The van der Waals surface area contributed by atoms with Gasteiger partial charge in [-0.2, -0.15) is 0 Å². The second-order valence-corrected chi connectivity index (χ2v) is 9.03. The molecule has 0 fully saturated rings. The third kappa shape index (κ3) is 2.96. The van der Waals surface area contributed by atoms with Crippen molar-refractivity contribution in [3.63, 3.8) is 0 Å². The van der Waals surface area contributed by atoms with Gasteiger partial charge in [0.15, 0.2) is 11.0 Å². The first-order chi connectivity index (χ1) is 15.8. The molecule has 3 aromatic rings. The number of rotatable bonds is 5. The summed E-state index contributed by atoms with van der Waals surface area (Å²) in [6, 6.07) is 11.9. The summed E-state index contributed by atoms with van der Waals surface area (Å²) in [7, 11) is 1.65. The van der Waals surface area contributed by atoms with E-state index >= 15 is 0 Å². The van der Waals surface area contributed by atoms with Gasteiger partial charge in [-0.3, -0.25) is 14.4 Å². The molecule has 0 bridgehead atoms. The van der Waals surface area contributed by atoms with Gasteiger partial charge in [0.2, 0.25) is 5.76 Å². The quantitative estimate of drug-likeness (QED) is 0.532. The SMILES string of the molecule is CC(C)OCCCN1C(=O)c2oc3ccc(Cl)cc3c(=O)c2C12C(=O)N(C)c1ccccc12. The molecule has 0 N–H and O–H groups in total. The molecule has 0 radical (unpaired) electrons. The minimum atomic E-state index is -1.59. The maximum Gasteiger partial charge on any atom is 0.291 e. The molecule has 33 heavy (non-hydrogen) atoms. The van der Waals surface area contributed by atoms with Crippen molar-refractivity contribution < 1.29 is 18.7 Å². The number of likely N-dealkylation sites (N-methyl/N-ethyl adjacent to an activating group) is 1. The molecular formula is C25H23ClN2O5. The summed E-state index contributed by atoms with van der Waals surface area (Å²) in [5.74, 6) is -0.950. The van der Waals surface area contributed by atoms with Crippen molar-refractivity contribution in [3.8, 4) is 0 Å². The number of hydrogen-bond donors (Lipinski definition) is 0. The van der Waals surface area contributed by atoms with Crippen LogP contribution < -0.4 is 10.3 Å². The zero-order chi connectivity index (χ0) is 23.5. The molecule has 1 aromatic heterocycles. The highest BCUT2D eigenvalue weighted by Gasteiger charge is 2.64. The second-order valence-electron chi connectivity index (χ2n) is 8.60. The summed E-state index contributed by atoms with van der Waals surface area (Å²) in [4.78, 5) is 44.3. The fraction of sp³-hybridized carbons (Fsp3) is 0.320. The van der Waals surface area contributed by atoms with Crippen LogP contribution in [0.5, 0.6) is 0 Å². The fourth-order valence-electron chi connectivity index (χ4n) is 4.91. The lowest BCUT2D eigenvalue weighted by Gasteiger charge is -2.34. The molecular weight excluding hydrogens is 444 g/mol. The zero-order valence-electron chi connectivity index (χ0n) is 18.6. The Bertz CT molecular complexity index is 1360. The van der Waals surface area contributed by atoms with Crippen molar-refractivity contribution in [2.45, 2.75) is 31.9 Å². The Morgan fingerprint density at radius 2 is 1.88 bits per heavy atom. The molecule has 7 nitrogen and oxygen atoms in total. The standard InChI is InChI=1S/C25H23ClN2O5/c1-14(2)32-12-6-11-28-23(30)22-20(21(29)16-13-15(26)9-10-19(16)33-22)25(28)17-7-4-5-8-18(17)27(3)24(25)31/h4-5,7-10,13-14H,6,11-12H2,1-3H3. The lowest BCUT2D eigenvalue weighted by molar-refractivity contribution is -0.125. The summed E-state index contributed by atoms with van der Waals surface area (Å²) in [6.07, 6.45) is 0.543. The molecule has 5 rings (SSSR count). The van der Waals surface area contributed by atoms with E-state index < -0.39 is 16.9 Å². The summed E-state index contributed by atoms with van der Waals surface area (Å²) < 4.78 is 11.6. The number of benzene rings is 2. The van der Waals surface area contributed by atoms with Gasteiger partial charge in [0.25, 0.3) is 11.8 Å². The molecule has 3 heterocycles. The number of hydrogen-bond acceptors (Lipinski definition) is 5. The van der Waals surface area contributed by atoms with Crippen LogP contribution in [0, 0.1) is 0 Å². The van der Waals surface area contributed by atoms with Crippen LogP contribution in [0.2, 0.25) is 5.02 Å². The summed E-state index contributed by atoms with van der Waals surface area (Å²) in [5, 5.41) is 0.601. The number of amides is 2. The first kappa shape index (κ1) is 21.7. The van der Waals surface area contributed by atoms with Gasteiger partial charge in [0.1, 0.15) is 5.58 Å². The topological polar surface area (TPSA) is 80.1 Å². The van der Waals surface area contributed by atoms with E-state index in [-0.39, 0.29) is 40.8 Å². The Hall–Kier alpha value is -3.16. The van der Waals surface area contributed by atoms with E-state index in [2.05, 4.69) is 0 Å². The van der Waals surface area contributed by atoms with Crippen LogP contribution in [-0.4, -0.2) is 43.0 Å². The molecule has 2 amide bonds. The maximum atomic E-state index is 13.9. The highest BCUT2D eigenvalue weighted by Crippen LogP contribution is 2.52. The Labute approximate surface area is 195 Å². The maximum absolute atomic E-state index is 13.9. The second kappa shape index (κ2) is 7.71. The van der Waals surface area contributed by atoms with E-state index in [1.807, 2.05) is 26.0 Å². The number of carbonyl (C=O) groups excluding carboxylic acids is 2. The van der Waals surface area contributed by atoms with Gasteiger partial charge >= 0.3 is 0 Å². The number of anilines is 1. The van der Waals surface area contributed by atoms with Gasteiger partial charge in [0.05, 0.1) is 17.1 Å². The number of ether oxygens (including phenoxy) is 1. The predicted molar refractivity (Wildman–Crippen MR) is 125 cm³/mol. The van der Waals surface area contributed by atoms with Crippen molar-refractivity contribution in [2.75, 3.05) is 25.1 Å². The molecule has 170 valence electrons. The lowest BCUT2D eigenvalue weighted by Crippen LogP contribution is -2.53. The number of carbonyl (C=O) groups is 2. The van der Waals surface area contributed by atoms with Crippen LogP contribution in [-0.2, 0) is 15.1 Å². The number of para-hydroxylation sites is 1. The van der Waals surface area contributed by atoms with E-state index in [9.17, 15) is 14.4 Å². The van der Waals surface area contributed by atoms with Crippen LogP contribution in [0.25, 0.3) is 11.0 Å². The van der Waals surface area contributed by atoms with E-state index in [0.717, 1.165) is 0 Å². The van der Waals surface area contributed by atoms with Crippen molar-refractivity contribution in [3.05, 3.63) is 74.6 Å². The molecule has 0 aliphatic carbocycles.